The lowest BCUT2D eigenvalue weighted by molar-refractivity contribution is -0.137. The van der Waals surface area contributed by atoms with Crippen LogP contribution < -0.4 is 15.6 Å². The van der Waals surface area contributed by atoms with Gasteiger partial charge in [-0.15, -0.1) is 0 Å². The molecule has 2 heterocycles. The van der Waals surface area contributed by atoms with Crippen molar-refractivity contribution in [2.45, 2.75) is 6.18 Å². The van der Waals surface area contributed by atoms with Crippen LogP contribution in [-0.4, -0.2) is 61.2 Å². The van der Waals surface area contributed by atoms with E-state index in [2.05, 4.69) is 30.8 Å². The van der Waals surface area contributed by atoms with Gasteiger partial charge in [-0.3, -0.25) is 9.79 Å². The van der Waals surface area contributed by atoms with Gasteiger partial charge in [0.2, 0.25) is 11.9 Å². The number of anilines is 3. The van der Waals surface area contributed by atoms with Crippen LogP contribution in [-0.2, 0) is 15.7 Å². The Balaban J connectivity index is 1.47. The summed E-state index contributed by atoms with van der Waals surface area (Å²) in [4.78, 5) is 25.2. The van der Waals surface area contributed by atoms with Crippen LogP contribution in [0.2, 0.25) is 0 Å². The Labute approximate surface area is 180 Å². The van der Waals surface area contributed by atoms with Crippen molar-refractivity contribution in [3.63, 3.8) is 0 Å². The monoisotopic (exact) mass is 453 g/mol. The van der Waals surface area contributed by atoms with Crippen LogP contribution in [0, 0.1) is 5.82 Å². The molecule has 2 aromatic rings. The summed E-state index contributed by atoms with van der Waals surface area (Å²) in [6.07, 6.45) is -1.04. The zero-order valence-electron chi connectivity index (χ0n) is 16.6. The third kappa shape index (κ3) is 6.70. The van der Waals surface area contributed by atoms with Crippen molar-refractivity contribution in [1.82, 2.24) is 9.97 Å². The fraction of sp³-hybridized carbons (Fsp3) is 0.316. The average molecular weight is 453 g/mol. The van der Waals surface area contributed by atoms with Gasteiger partial charge in [0.25, 0.3) is 0 Å². The number of morpholine rings is 1. The Bertz CT molecular complexity index is 992. The number of halogens is 4. The summed E-state index contributed by atoms with van der Waals surface area (Å²) in [5, 5.41) is 6.14. The normalized spacial score (nSPS) is 14.8. The first-order valence-electron chi connectivity index (χ1n) is 9.43. The molecule has 2 N–H and O–H groups in total. The molecule has 13 heteroatoms. The van der Waals surface area contributed by atoms with E-state index in [1.54, 1.807) is 4.90 Å². The van der Waals surface area contributed by atoms with Crippen molar-refractivity contribution < 1.29 is 27.1 Å². The topological polar surface area (TPSA) is 104 Å². The first-order chi connectivity index (χ1) is 15.3. The van der Waals surface area contributed by atoms with Crippen LogP contribution in [0.1, 0.15) is 5.56 Å². The number of carbonyl (C=O) groups is 1. The van der Waals surface area contributed by atoms with Crippen LogP contribution in [0.4, 0.5) is 35.0 Å². The van der Waals surface area contributed by atoms with E-state index in [0.717, 1.165) is 18.3 Å². The second-order valence-electron chi connectivity index (χ2n) is 6.47. The molecule has 1 aromatic carbocycles. The van der Waals surface area contributed by atoms with Crippen LogP contribution in [0.15, 0.2) is 40.6 Å². The SMILES string of the molecule is O=C(C/N=C/C=N/Nc1ncc(F)c(N2CCOCC2)n1)Nc1cccc(C(F)(F)F)c1. The highest BCUT2D eigenvalue weighted by molar-refractivity contribution is 6.16. The van der Waals surface area contributed by atoms with Gasteiger partial charge < -0.3 is 15.0 Å². The van der Waals surface area contributed by atoms with Crippen LogP contribution in [0.3, 0.4) is 0 Å². The molecule has 0 unspecified atom stereocenters. The highest BCUT2D eigenvalue weighted by Gasteiger charge is 2.30. The molecule has 9 nitrogen and oxygen atoms in total. The van der Waals surface area contributed by atoms with Gasteiger partial charge in [-0.2, -0.15) is 23.3 Å². The maximum atomic E-state index is 14.0. The number of hydrogen-bond acceptors (Lipinski definition) is 8. The lowest BCUT2D eigenvalue weighted by Crippen LogP contribution is -2.37. The van der Waals surface area contributed by atoms with Crippen molar-refractivity contribution in [3.05, 3.63) is 41.8 Å². The molecule has 0 saturated carbocycles. The van der Waals surface area contributed by atoms with E-state index >= 15 is 0 Å². The molecule has 1 aromatic heterocycles. The van der Waals surface area contributed by atoms with Gasteiger partial charge in [0, 0.05) is 25.0 Å². The number of aliphatic imine (C=N–C) groups is 1. The van der Waals surface area contributed by atoms with Gasteiger partial charge >= 0.3 is 6.18 Å². The first kappa shape index (κ1) is 23.1. The van der Waals surface area contributed by atoms with Gasteiger partial charge in [0.05, 0.1) is 31.2 Å². The van der Waals surface area contributed by atoms with Crippen molar-refractivity contribution in [3.8, 4) is 0 Å². The van der Waals surface area contributed by atoms with E-state index in [0.29, 0.717) is 26.3 Å². The number of hydrogen-bond donors (Lipinski definition) is 2. The third-order valence-electron chi connectivity index (χ3n) is 4.16. The summed E-state index contributed by atoms with van der Waals surface area (Å²) in [7, 11) is 0. The first-order valence-corrected chi connectivity index (χ1v) is 9.43. The molecule has 1 aliphatic heterocycles. The maximum Gasteiger partial charge on any atom is 0.416 e. The Morgan fingerprint density at radius 2 is 2.03 bits per heavy atom. The summed E-state index contributed by atoms with van der Waals surface area (Å²) < 4.78 is 57.3. The predicted molar refractivity (Wildman–Crippen MR) is 111 cm³/mol. The number of hydrazone groups is 1. The molecule has 1 amide bonds. The number of nitrogens with one attached hydrogen (secondary N) is 2. The van der Waals surface area contributed by atoms with E-state index in [4.69, 9.17) is 4.74 Å². The molecule has 3 rings (SSSR count). The second kappa shape index (κ2) is 10.6. The molecule has 1 fully saturated rings. The molecule has 1 saturated heterocycles. The zero-order chi connectivity index (χ0) is 23.0. The molecule has 0 radical (unpaired) electrons. The molecular weight excluding hydrogens is 434 g/mol. The minimum absolute atomic E-state index is 0.0138. The van der Waals surface area contributed by atoms with E-state index in [9.17, 15) is 22.4 Å². The average Bonchev–Trinajstić information content (AvgIpc) is 2.77. The fourth-order valence-corrected chi connectivity index (χ4v) is 2.69. The number of ether oxygens (including phenoxy) is 1. The third-order valence-corrected chi connectivity index (χ3v) is 4.16. The Morgan fingerprint density at radius 3 is 2.78 bits per heavy atom. The molecule has 1 aliphatic rings. The van der Waals surface area contributed by atoms with Crippen LogP contribution in [0.25, 0.3) is 0 Å². The highest BCUT2D eigenvalue weighted by Crippen LogP contribution is 2.30. The van der Waals surface area contributed by atoms with Gasteiger partial charge in [-0.05, 0) is 18.2 Å². The number of aromatic nitrogens is 2. The van der Waals surface area contributed by atoms with Gasteiger partial charge in [-0.1, -0.05) is 6.07 Å². The minimum atomic E-state index is -4.50. The van der Waals surface area contributed by atoms with E-state index in [1.165, 1.54) is 24.6 Å². The highest BCUT2D eigenvalue weighted by atomic mass is 19.4. The van der Waals surface area contributed by atoms with Crippen molar-refractivity contribution >= 4 is 35.8 Å². The molecule has 0 bridgehead atoms. The Morgan fingerprint density at radius 1 is 1.25 bits per heavy atom. The lowest BCUT2D eigenvalue weighted by Gasteiger charge is -2.27. The summed E-state index contributed by atoms with van der Waals surface area (Å²) in [6, 6.07) is 4.28. The molecule has 32 heavy (non-hydrogen) atoms. The van der Waals surface area contributed by atoms with Crippen LogP contribution >= 0.6 is 0 Å². The summed E-state index contributed by atoms with van der Waals surface area (Å²) in [6.45, 7) is 1.64. The molecule has 0 spiro atoms. The van der Waals surface area contributed by atoms with Crippen molar-refractivity contribution in [2.24, 2.45) is 10.1 Å². The fourth-order valence-electron chi connectivity index (χ4n) is 2.69. The zero-order valence-corrected chi connectivity index (χ0v) is 16.6. The number of carbonyl (C=O) groups excluding carboxylic acids is 1. The van der Waals surface area contributed by atoms with Gasteiger partial charge in [0.15, 0.2) is 11.6 Å². The Hall–Kier alpha value is -3.61. The molecular formula is C19H19F4N7O2. The van der Waals surface area contributed by atoms with Gasteiger partial charge in [-0.25, -0.2) is 14.8 Å². The van der Waals surface area contributed by atoms with Crippen LogP contribution in [0.5, 0.6) is 0 Å². The van der Waals surface area contributed by atoms with E-state index < -0.39 is 23.5 Å². The van der Waals surface area contributed by atoms with Crippen molar-refractivity contribution in [1.29, 1.82) is 0 Å². The van der Waals surface area contributed by atoms with E-state index in [-0.39, 0.29) is 24.0 Å². The van der Waals surface area contributed by atoms with E-state index in [1.807, 2.05) is 0 Å². The smallest absolute Gasteiger partial charge is 0.378 e. The predicted octanol–water partition coefficient (Wildman–Crippen LogP) is 2.58. The summed E-state index contributed by atoms with van der Waals surface area (Å²) in [5.41, 5.74) is 1.67. The number of benzene rings is 1. The Kier molecular flexibility index (Phi) is 7.65. The number of alkyl halides is 3. The summed E-state index contributed by atoms with van der Waals surface area (Å²) in [5.74, 6) is -0.950. The minimum Gasteiger partial charge on any atom is -0.378 e. The number of rotatable bonds is 7. The molecule has 0 aliphatic carbocycles. The summed E-state index contributed by atoms with van der Waals surface area (Å²) >= 11 is 0. The molecule has 170 valence electrons. The lowest BCUT2D eigenvalue weighted by atomic mass is 10.2. The van der Waals surface area contributed by atoms with Crippen molar-refractivity contribution in [2.75, 3.05) is 48.5 Å². The standard InChI is InChI=1S/C19H19F4N7O2/c20-15-11-25-18(28-17(15)30-6-8-32-9-7-30)29-26-5-4-24-12-16(31)27-14-3-1-2-13(10-14)19(21,22)23/h1-5,10-11H,6-9,12H2,(H,27,31)(H,25,28,29)/b24-4+,26-5+. The maximum absolute atomic E-state index is 14.0. The second-order valence-corrected chi connectivity index (χ2v) is 6.47. The van der Waals surface area contributed by atoms with Gasteiger partial charge in [0.1, 0.15) is 6.54 Å². The number of nitrogens with zero attached hydrogens (tertiary/aromatic N) is 5. The number of amides is 1. The molecule has 0 atom stereocenters. The quantitative estimate of drug-likeness (QED) is 0.380. The largest absolute Gasteiger partial charge is 0.416 e.